The molecular formula is C11H8BrN. The molecule has 0 N–H and O–H groups in total. The molecule has 0 aliphatic heterocycles. The zero-order valence-electron chi connectivity index (χ0n) is 7.26. The van der Waals surface area contributed by atoms with Crippen molar-refractivity contribution in [2.24, 2.45) is 0 Å². The van der Waals surface area contributed by atoms with Crippen molar-refractivity contribution in [2.75, 3.05) is 5.33 Å². The highest BCUT2D eigenvalue weighted by Gasteiger charge is 1.97. The highest BCUT2D eigenvalue weighted by Crippen LogP contribution is 2.09. The van der Waals surface area contributed by atoms with Crippen LogP contribution in [-0.2, 0) is 0 Å². The number of hydrogen-bond donors (Lipinski definition) is 0. The van der Waals surface area contributed by atoms with Gasteiger partial charge in [-0.15, -0.1) is 0 Å². The lowest BCUT2D eigenvalue weighted by Crippen LogP contribution is -1.84. The third-order valence-electron chi connectivity index (χ3n) is 1.59. The predicted octanol–water partition coefficient (Wildman–Crippen LogP) is 2.61. The molecule has 13 heavy (non-hydrogen) atoms. The summed E-state index contributed by atoms with van der Waals surface area (Å²) in [5.41, 5.74) is 2.53. The van der Waals surface area contributed by atoms with Gasteiger partial charge in [0.25, 0.3) is 0 Å². The van der Waals surface area contributed by atoms with Crippen LogP contribution in [-0.4, -0.2) is 5.33 Å². The Bertz CT molecular complexity index is 404. The summed E-state index contributed by atoms with van der Waals surface area (Å²) in [6.07, 6.45) is 0. The van der Waals surface area contributed by atoms with Crippen LogP contribution in [0.15, 0.2) is 18.2 Å². The lowest BCUT2D eigenvalue weighted by Gasteiger charge is -1.96. The molecule has 0 atom stereocenters. The van der Waals surface area contributed by atoms with Crippen LogP contribution in [0.4, 0.5) is 0 Å². The molecule has 2 heteroatoms. The van der Waals surface area contributed by atoms with Gasteiger partial charge in [0.05, 0.1) is 10.9 Å². The fraction of sp³-hybridized carbons (Fsp3) is 0.182. The Labute approximate surface area is 86.5 Å². The number of aryl methyl sites for hydroxylation is 1. The highest BCUT2D eigenvalue weighted by atomic mass is 79.9. The fourth-order valence-corrected chi connectivity index (χ4v) is 1.13. The summed E-state index contributed by atoms with van der Waals surface area (Å²) in [5, 5.41) is 9.44. The first-order valence-corrected chi connectivity index (χ1v) is 4.95. The first-order valence-electron chi connectivity index (χ1n) is 3.83. The van der Waals surface area contributed by atoms with Crippen LogP contribution in [0.1, 0.15) is 16.7 Å². The summed E-state index contributed by atoms with van der Waals surface area (Å²) in [5.74, 6) is 5.80. The van der Waals surface area contributed by atoms with Gasteiger partial charge in [-0.05, 0) is 24.6 Å². The summed E-state index contributed by atoms with van der Waals surface area (Å²) in [6, 6.07) is 7.81. The van der Waals surface area contributed by atoms with E-state index in [4.69, 9.17) is 5.26 Å². The van der Waals surface area contributed by atoms with E-state index in [2.05, 4.69) is 33.8 Å². The van der Waals surface area contributed by atoms with Crippen molar-refractivity contribution in [3.8, 4) is 17.9 Å². The summed E-state index contributed by atoms with van der Waals surface area (Å²) in [4.78, 5) is 0. The topological polar surface area (TPSA) is 23.8 Å². The average molecular weight is 234 g/mol. The maximum atomic E-state index is 8.81. The first-order chi connectivity index (χ1) is 6.27. The summed E-state index contributed by atoms with van der Waals surface area (Å²) in [6.45, 7) is 1.96. The van der Waals surface area contributed by atoms with Crippen LogP contribution < -0.4 is 0 Å². The number of benzene rings is 1. The molecule has 0 aliphatic rings. The van der Waals surface area contributed by atoms with Gasteiger partial charge in [0.15, 0.2) is 0 Å². The Hall–Kier alpha value is -1.25. The smallest absolute Gasteiger partial charge is 0.100 e. The van der Waals surface area contributed by atoms with Gasteiger partial charge in [-0.1, -0.05) is 33.8 Å². The Balaban J connectivity index is 3.16. The molecule has 0 radical (unpaired) electrons. The minimum atomic E-state index is 0.631. The van der Waals surface area contributed by atoms with E-state index in [1.807, 2.05) is 25.1 Å². The fourth-order valence-electron chi connectivity index (χ4n) is 0.988. The second kappa shape index (κ2) is 4.70. The minimum Gasteiger partial charge on any atom is -0.192 e. The van der Waals surface area contributed by atoms with Crippen LogP contribution in [0.25, 0.3) is 0 Å². The van der Waals surface area contributed by atoms with E-state index in [9.17, 15) is 0 Å². The molecule has 1 aromatic rings. The van der Waals surface area contributed by atoms with Crippen molar-refractivity contribution in [3.05, 3.63) is 34.9 Å². The number of rotatable bonds is 0. The molecule has 1 nitrogen and oxygen atoms in total. The van der Waals surface area contributed by atoms with Crippen LogP contribution in [0.2, 0.25) is 0 Å². The van der Waals surface area contributed by atoms with Gasteiger partial charge in [0.2, 0.25) is 0 Å². The van der Waals surface area contributed by atoms with Crippen molar-refractivity contribution < 1.29 is 0 Å². The zero-order valence-corrected chi connectivity index (χ0v) is 8.85. The van der Waals surface area contributed by atoms with Crippen molar-refractivity contribution in [3.63, 3.8) is 0 Å². The van der Waals surface area contributed by atoms with Crippen LogP contribution in [0, 0.1) is 30.1 Å². The van der Waals surface area contributed by atoms with E-state index in [0.29, 0.717) is 10.9 Å². The van der Waals surface area contributed by atoms with Crippen LogP contribution in [0.3, 0.4) is 0 Å². The second-order valence-corrected chi connectivity index (χ2v) is 3.16. The Morgan fingerprint density at radius 3 is 2.77 bits per heavy atom. The molecule has 1 rings (SSSR count). The van der Waals surface area contributed by atoms with Crippen molar-refractivity contribution >= 4 is 15.9 Å². The number of nitriles is 1. The minimum absolute atomic E-state index is 0.631. The Kier molecular flexibility index (Phi) is 3.55. The van der Waals surface area contributed by atoms with E-state index in [1.54, 1.807) is 0 Å². The SMILES string of the molecule is Cc1ccc(C#CCBr)c(C#N)c1. The zero-order chi connectivity index (χ0) is 9.68. The highest BCUT2D eigenvalue weighted by molar-refractivity contribution is 9.09. The number of alkyl halides is 1. The molecule has 0 aliphatic carbocycles. The average Bonchev–Trinajstić information content (AvgIpc) is 2.16. The number of halogens is 1. The first kappa shape index (κ1) is 9.84. The molecule has 0 fully saturated rings. The van der Waals surface area contributed by atoms with Gasteiger partial charge < -0.3 is 0 Å². The third-order valence-corrected chi connectivity index (χ3v) is 1.87. The van der Waals surface area contributed by atoms with Gasteiger partial charge >= 0.3 is 0 Å². The molecule has 0 amide bonds. The van der Waals surface area contributed by atoms with E-state index in [0.717, 1.165) is 11.1 Å². The monoisotopic (exact) mass is 233 g/mol. The predicted molar refractivity (Wildman–Crippen MR) is 56.6 cm³/mol. The third kappa shape index (κ3) is 2.61. The lowest BCUT2D eigenvalue weighted by molar-refractivity contribution is 1.40. The summed E-state index contributed by atoms with van der Waals surface area (Å²) < 4.78 is 0. The molecule has 0 unspecified atom stereocenters. The normalized spacial score (nSPS) is 8.38. The molecule has 0 bridgehead atoms. The maximum Gasteiger partial charge on any atom is 0.100 e. The lowest BCUT2D eigenvalue weighted by atomic mass is 10.1. The Morgan fingerprint density at radius 2 is 2.15 bits per heavy atom. The van der Waals surface area contributed by atoms with E-state index in [-0.39, 0.29) is 0 Å². The summed E-state index contributed by atoms with van der Waals surface area (Å²) in [7, 11) is 0. The van der Waals surface area contributed by atoms with Gasteiger partial charge in [0.1, 0.15) is 6.07 Å². The van der Waals surface area contributed by atoms with Crippen LogP contribution in [0.5, 0.6) is 0 Å². The van der Waals surface area contributed by atoms with E-state index in [1.165, 1.54) is 0 Å². The Morgan fingerprint density at radius 1 is 1.38 bits per heavy atom. The maximum absolute atomic E-state index is 8.81. The van der Waals surface area contributed by atoms with Gasteiger partial charge in [-0.25, -0.2) is 0 Å². The molecule has 0 aromatic heterocycles. The van der Waals surface area contributed by atoms with Crippen LogP contribution >= 0.6 is 15.9 Å². The van der Waals surface area contributed by atoms with Crippen molar-refractivity contribution in [1.82, 2.24) is 0 Å². The number of nitrogens with zero attached hydrogens (tertiary/aromatic N) is 1. The van der Waals surface area contributed by atoms with E-state index >= 15 is 0 Å². The number of hydrogen-bond acceptors (Lipinski definition) is 1. The van der Waals surface area contributed by atoms with Gasteiger partial charge in [-0.2, -0.15) is 5.26 Å². The van der Waals surface area contributed by atoms with Crippen molar-refractivity contribution in [2.45, 2.75) is 6.92 Å². The molecule has 0 saturated heterocycles. The van der Waals surface area contributed by atoms with Gasteiger partial charge in [-0.3, -0.25) is 0 Å². The largest absolute Gasteiger partial charge is 0.192 e. The standard InChI is InChI=1S/C11H8BrN/c1-9-4-5-10(3-2-6-12)11(7-9)8-13/h4-5,7H,6H2,1H3. The summed E-state index contributed by atoms with van der Waals surface area (Å²) >= 11 is 3.21. The van der Waals surface area contributed by atoms with Gasteiger partial charge in [0, 0.05) is 5.56 Å². The molecule has 0 spiro atoms. The van der Waals surface area contributed by atoms with E-state index < -0.39 is 0 Å². The molecular weight excluding hydrogens is 226 g/mol. The molecule has 1 aromatic carbocycles. The van der Waals surface area contributed by atoms with Crippen molar-refractivity contribution in [1.29, 1.82) is 5.26 Å². The quantitative estimate of drug-likeness (QED) is 0.500. The second-order valence-electron chi connectivity index (χ2n) is 2.60. The molecule has 0 saturated carbocycles. The molecule has 0 heterocycles. The molecule has 64 valence electrons.